The second-order valence-corrected chi connectivity index (χ2v) is 4.96. The Morgan fingerprint density at radius 2 is 1.67 bits per heavy atom. The molecular formula is C17H16F3NO3. The molecule has 1 amide bonds. The van der Waals surface area contributed by atoms with Gasteiger partial charge in [0.05, 0.1) is 6.61 Å². The van der Waals surface area contributed by atoms with E-state index in [1.165, 1.54) is 12.1 Å². The summed E-state index contributed by atoms with van der Waals surface area (Å²) in [6.45, 7) is 0.717. The molecule has 0 aliphatic rings. The molecule has 2 rings (SSSR count). The van der Waals surface area contributed by atoms with E-state index in [1.807, 2.05) is 24.3 Å². The van der Waals surface area contributed by atoms with Crippen molar-refractivity contribution in [2.45, 2.75) is 19.5 Å². The number of carbonyl (C=O) groups excluding carboxylic acids is 1. The number of methoxy groups -OCH3 is 1. The van der Waals surface area contributed by atoms with Crippen LogP contribution in [0.25, 0.3) is 0 Å². The fourth-order valence-electron chi connectivity index (χ4n) is 2.11. The fraction of sp³-hybridized carbons (Fsp3) is 0.235. The van der Waals surface area contributed by atoms with Crippen molar-refractivity contribution in [3.63, 3.8) is 0 Å². The number of amides is 1. The van der Waals surface area contributed by atoms with Crippen molar-refractivity contribution >= 4 is 5.91 Å². The molecule has 24 heavy (non-hydrogen) atoms. The van der Waals surface area contributed by atoms with Crippen LogP contribution in [0.5, 0.6) is 5.75 Å². The van der Waals surface area contributed by atoms with E-state index in [-0.39, 0.29) is 17.2 Å². The summed E-state index contributed by atoms with van der Waals surface area (Å²) >= 11 is 0. The molecule has 7 heteroatoms. The van der Waals surface area contributed by atoms with E-state index in [0.29, 0.717) is 13.2 Å². The van der Waals surface area contributed by atoms with Crippen LogP contribution in [0.3, 0.4) is 0 Å². The zero-order chi connectivity index (χ0) is 17.6. The van der Waals surface area contributed by atoms with Gasteiger partial charge in [0.25, 0.3) is 5.91 Å². The number of hydrogen-bond donors (Lipinski definition) is 1. The highest BCUT2D eigenvalue weighted by molar-refractivity contribution is 5.94. The van der Waals surface area contributed by atoms with Crippen molar-refractivity contribution < 1.29 is 27.4 Å². The van der Waals surface area contributed by atoms with Crippen molar-refractivity contribution in [1.29, 1.82) is 0 Å². The maximum atomic E-state index is 12.1. The van der Waals surface area contributed by atoms with Crippen molar-refractivity contribution in [1.82, 2.24) is 5.32 Å². The van der Waals surface area contributed by atoms with E-state index in [2.05, 4.69) is 10.1 Å². The third kappa shape index (κ3) is 5.27. The van der Waals surface area contributed by atoms with Gasteiger partial charge in [-0.05, 0) is 35.4 Å². The van der Waals surface area contributed by atoms with E-state index >= 15 is 0 Å². The number of alkyl halides is 3. The molecule has 0 bridgehead atoms. The zero-order valence-electron chi connectivity index (χ0n) is 12.9. The lowest BCUT2D eigenvalue weighted by Gasteiger charge is -2.11. The summed E-state index contributed by atoms with van der Waals surface area (Å²) in [5, 5.41) is 2.72. The van der Waals surface area contributed by atoms with Gasteiger partial charge in [-0.1, -0.05) is 24.3 Å². The molecule has 0 heterocycles. The molecule has 0 aliphatic heterocycles. The van der Waals surface area contributed by atoms with Gasteiger partial charge < -0.3 is 14.8 Å². The molecule has 0 atom stereocenters. The summed E-state index contributed by atoms with van der Waals surface area (Å²) in [7, 11) is 1.58. The predicted molar refractivity (Wildman–Crippen MR) is 81.5 cm³/mol. The number of carbonyl (C=O) groups is 1. The number of benzene rings is 2. The van der Waals surface area contributed by atoms with Crippen molar-refractivity contribution in [2.75, 3.05) is 7.11 Å². The molecule has 0 saturated heterocycles. The molecular weight excluding hydrogens is 323 g/mol. The number of hydrogen-bond acceptors (Lipinski definition) is 3. The minimum atomic E-state index is -4.76. The average Bonchev–Trinajstić information content (AvgIpc) is 2.53. The van der Waals surface area contributed by atoms with Crippen LogP contribution in [-0.4, -0.2) is 19.4 Å². The Kier molecular flexibility index (Phi) is 5.81. The minimum absolute atomic E-state index is 0.244. The van der Waals surface area contributed by atoms with Crippen molar-refractivity contribution in [3.05, 3.63) is 65.2 Å². The van der Waals surface area contributed by atoms with E-state index in [0.717, 1.165) is 23.3 Å². The van der Waals surface area contributed by atoms with Crippen molar-refractivity contribution in [2.24, 2.45) is 0 Å². The minimum Gasteiger partial charge on any atom is -0.406 e. The maximum Gasteiger partial charge on any atom is 0.573 e. The van der Waals surface area contributed by atoms with Crippen LogP contribution in [0, 0.1) is 0 Å². The topological polar surface area (TPSA) is 47.6 Å². The SMILES string of the molecule is COCc1ccccc1CNC(=O)c1ccc(OC(F)(F)F)cc1. The van der Waals surface area contributed by atoms with Crippen LogP contribution in [-0.2, 0) is 17.9 Å². The zero-order valence-corrected chi connectivity index (χ0v) is 12.9. The molecule has 128 valence electrons. The molecule has 0 spiro atoms. The molecule has 0 unspecified atom stereocenters. The highest BCUT2D eigenvalue weighted by atomic mass is 19.4. The first kappa shape index (κ1) is 17.8. The molecule has 2 aromatic carbocycles. The molecule has 0 saturated carbocycles. The van der Waals surface area contributed by atoms with Gasteiger partial charge in [0.15, 0.2) is 0 Å². The summed E-state index contributed by atoms with van der Waals surface area (Å²) in [6.07, 6.45) is -4.76. The molecule has 0 radical (unpaired) electrons. The van der Waals surface area contributed by atoms with Crippen LogP contribution < -0.4 is 10.1 Å². The van der Waals surface area contributed by atoms with Gasteiger partial charge in [0, 0.05) is 19.2 Å². The van der Waals surface area contributed by atoms with Gasteiger partial charge in [0.2, 0.25) is 0 Å². The Bertz CT molecular complexity index is 684. The Balaban J connectivity index is 1.98. The van der Waals surface area contributed by atoms with E-state index in [1.54, 1.807) is 7.11 Å². The second-order valence-electron chi connectivity index (χ2n) is 4.96. The second kappa shape index (κ2) is 7.83. The third-order valence-corrected chi connectivity index (χ3v) is 3.21. The normalized spacial score (nSPS) is 11.2. The molecule has 0 fully saturated rings. The smallest absolute Gasteiger partial charge is 0.406 e. The Morgan fingerprint density at radius 1 is 1.04 bits per heavy atom. The Labute approximate surface area is 137 Å². The largest absolute Gasteiger partial charge is 0.573 e. The molecule has 0 aromatic heterocycles. The number of halogens is 3. The highest BCUT2D eigenvalue weighted by Gasteiger charge is 2.31. The summed E-state index contributed by atoms with van der Waals surface area (Å²) in [4.78, 5) is 12.1. The summed E-state index contributed by atoms with van der Waals surface area (Å²) in [5.41, 5.74) is 2.10. The Morgan fingerprint density at radius 3 is 2.25 bits per heavy atom. The molecule has 2 aromatic rings. The quantitative estimate of drug-likeness (QED) is 0.874. The van der Waals surface area contributed by atoms with Crippen LogP contribution in [0.1, 0.15) is 21.5 Å². The number of rotatable bonds is 6. The number of ether oxygens (including phenoxy) is 2. The predicted octanol–water partition coefficient (Wildman–Crippen LogP) is 3.66. The van der Waals surface area contributed by atoms with Gasteiger partial charge in [-0.3, -0.25) is 4.79 Å². The first-order valence-corrected chi connectivity index (χ1v) is 7.09. The average molecular weight is 339 g/mol. The lowest BCUT2D eigenvalue weighted by atomic mass is 10.1. The van der Waals surface area contributed by atoms with Gasteiger partial charge in [0.1, 0.15) is 5.75 Å². The summed E-state index contributed by atoms with van der Waals surface area (Å²) in [6, 6.07) is 12.2. The van der Waals surface area contributed by atoms with Gasteiger partial charge in [-0.15, -0.1) is 13.2 Å². The standard InChI is InChI=1S/C17H16F3NO3/c1-23-11-14-5-3-2-4-13(14)10-21-16(22)12-6-8-15(9-7-12)24-17(18,19)20/h2-9H,10-11H2,1H3,(H,21,22). The van der Waals surface area contributed by atoms with Crippen LogP contribution in [0.4, 0.5) is 13.2 Å². The fourth-order valence-corrected chi connectivity index (χ4v) is 2.11. The number of nitrogens with one attached hydrogen (secondary N) is 1. The lowest BCUT2D eigenvalue weighted by molar-refractivity contribution is -0.274. The summed E-state index contributed by atoms with van der Waals surface area (Å²) < 4.78 is 45.2. The monoisotopic (exact) mass is 339 g/mol. The van der Waals surface area contributed by atoms with Gasteiger partial charge in [-0.25, -0.2) is 0 Å². The first-order valence-electron chi connectivity index (χ1n) is 7.09. The maximum absolute atomic E-state index is 12.1. The van der Waals surface area contributed by atoms with Crippen LogP contribution in [0.15, 0.2) is 48.5 Å². The van der Waals surface area contributed by atoms with Crippen molar-refractivity contribution in [3.8, 4) is 5.75 Å². The van der Waals surface area contributed by atoms with E-state index < -0.39 is 6.36 Å². The van der Waals surface area contributed by atoms with Gasteiger partial charge in [-0.2, -0.15) is 0 Å². The first-order chi connectivity index (χ1) is 11.4. The molecule has 0 aliphatic carbocycles. The van der Waals surface area contributed by atoms with Gasteiger partial charge >= 0.3 is 6.36 Å². The lowest BCUT2D eigenvalue weighted by Crippen LogP contribution is -2.23. The van der Waals surface area contributed by atoms with E-state index in [4.69, 9.17) is 4.74 Å². The van der Waals surface area contributed by atoms with E-state index in [9.17, 15) is 18.0 Å². The molecule has 1 N–H and O–H groups in total. The molecule has 4 nitrogen and oxygen atoms in total. The van der Waals surface area contributed by atoms with Crippen LogP contribution in [0.2, 0.25) is 0 Å². The Hall–Kier alpha value is -2.54. The summed E-state index contributed by atoms with van der Waals surface area (Å²) in [5.74, 6) is -0.759. The third-order valence-electron chi connectivity index (χ3n) is 3.21. The highest BCUT2D eigenvalue weighted by Crippen LogP contribution is 2.22. The van der Waals surface area contributed by atoms with Crippen LogP contribution >= 0.6 is 0 Å².